The molecule has 1 aromatic heterocycles. The van der Waals surface area contributed by atoms with Crippen LogP contribution in [-0.2, 0) is 0 Å². The Balaban J connectivity index is 2.36. The molecule has 0 amide bonds. The van der Waals surface area contributed by atoms with Crippen LogP contribution in [0.3, 0.4) is 0 Å². The predicted molar refractivity (Wildman–Crippen MR) is 98.8 cm³/mol. The van der Waals surface area contributed by atoms with Gasteiger partial charge in [-0.05, 0) is 66.2 Å². The number of rotatable bonds is 4. The molecule has 1 heterocycles. The molecule has 0 aliphatic rings. The average molecular weight is 388 g/mol. The number of carbonyl (C=O) groups excluding carboxylic acids is 1. The molecule has 0 unspecified atom stereocenters. The molecular weight excluding hydrogens is 370 g/mol. The Bertz CT molecular complexity index is 926. The molecule has 0 radical (unpaired) electrons. The van der Waals surface area contributed by atoms with E-state index in [-0.39, 0.29) is 5.78 Å². The van der Waals surface area contributed by atoms with E-state index in [9.17, 15) is 4.79 Å². The van der Waals surface area contributed by atoms with E-state index in [2.05, 4.69) is 20.5 Å². The molecule has 0 fully saturated rings. The number of ether oxygens (including phenoxy) is 2. The van der Waals surface area contributed by atoms with Crippen LogP contribution < -0.4 is 9.47 Å². The van der Waals surface area contributed by atoms with E-state index >= 15 is 0 Å². The Morgan fingerprint density at radius 2 is 1.75 bits per heavy atom. The minimum Gasteiger partial charge on any atom is -0.497 e. The molecule has 2 aromatic carbocycles. The number of carbonyl (C=O) groups is 1. The van der Waals surface area contributed by atoms with Crippen molar-refractivity contribution in [1.29, 1.82) is 0 Å². The molecule has 0 saturated heterocycles. The highest BCUT2D eigenvalue weighted by atomic mass is 79.9. The zero-order chi connectivity index (χ0) is 17.4. The van der Waals surface area contributed by atoms with Crippen LogP contribution in [0.15, 0.2) is 40.9 Å². The van der Waals surface area contributed by atoms with Crippen LogP contribution in [0.5, 0.6) is 11.5 Å². The molecule has 0 saturated carbocycles. The minimum atomic E-state index is 0.0362. The van der Waals surface area contributed by atoms with Crippen LogP contribution in [0.25, 0.3) is 16.6 Å². The van der Waals surface area contributed by atoms with E-state index in [0.717, 1.165) is 32.5 Å². The Kier molecular flexibility index (Phi) is 4.37. The molecule has 3 aromatic rings. The monoisotopic (exact) mass is 387 g/mol. The zero-order valence-electron chi connectivity index (χ0n) is 14.0. The van der Waals surface area contributed by atoms with E-state index in [1.807, 2.05) is 43.3 Å². The lowest BCUT2D eigenvalue weighted by Crippen LogP contribution is -1.99. The summed E-state index contributed by atoms with van der Waals surface area (Å²) in [7, 11) is 3.26. The van der Waals surface area contributed by atoms with Crippen LogP contribution in [0.1, 0.15) is 23.0 Å². The summed E-state index contributed by atoms with van der Waals surface area (Å²) in [5.41, 5.74) is 3.55. The Morgan fingerprint density at radius 1 is 1.08 bits per heavy atom. The second-order valence-electron chi connectivity index (χ2n) is 5.55. The fourth-order valence-electron chi connectivity index (χ4n) is 3.08. The van der Waals surface area contributed by atoms with Gasteiger partial charge in [-0.3, -0.25) is 4.79 Å². The molecule has 0 aliphatic heterocycles. The van der Waals surface area contributed by atoms with Gasteiger partial charge in [-0.2, -0.15) is 0 Å². The molecule has 5 heteroatoms. The first-order chi connectivity index (χ1) is 11.5. The van der Waals surface area contributed by atoms with Crippen molar-refractivity contribution in [1.82, 2.24) is 4.57 Å². The molecule has 124 valence electrons. The fourth-order valence-corrected chi connectivity index (χ4v) is 3.57. The number of fused-ring (bicyclic) bond motifs is 1. The lowest BCUT2D eigenvalue weighted by Gasteiger charge is -2.10. The number of halogens is 1. The highest BCUT2D eigenvalue weighted by Crippen LogP contribution is 2.36. The van der Waals surface area contributed by atoms with Gasteiger partial charge in [-0.25, -0.2) is 0 Å². The summed E-state index contributed by atoms with van der Waals surface area (Å²) >= 11 is 3.53. The van der Waals surface area contributed by atoms with Gasteiger partial charge in [-0.15, -0.1) is 0 Å². The van der Waals surface area contributed by atoms with Gasteiger partial charge in [0.15, 0.2) is 5.78 Å². The normalized spacial score (nSPS) is 10.9. The number of nitrogens with zero attached hydrogens (tertiary/aromatic N) is 1. The quantitative estimate of drug-likeness (QED) is 0.596. The third kappa shape index (κ3) is 2.59. The van der Waals surface area contributed by atoms with Crippen LogP contribution >= 0.6 is 15.9 Å². The Labute approximate surface area is 149 Å². The van der Waals surface area contributed by atoms with E-state index in [1.54, 1.807) is 21.1 Å². The molecule has 4 nitrogen and oxygen atoms in total. The molecule has 0 spiro atoms. The zero-order valence-corrected chi connectivity index (χ0v) is 15.6. The molecule has 0 bridgehead atoms. The van der Waals surface area contributed by atoms with Gasteiger partial charge >= 0.3 is 0 Å². The van der Waals surface area contributed by atoms with Gasteiger partial charge in [0.2, 0.25) is 0 Å². The number of Topliss-reactive ketones (excluding diaryl/α,β-unsaturated/α-hetero) is 1. The third-order valence-electron chi connectivity index (χ3n) is 4.16. The van der Waals surface area contributed by atoms with Gasteiger partial charge < -0.3 is 14.0 Å². The van der Waals surface area contributed by atoms with E-state index < -0.39 is 0 Å². The number of benzene rings is 2. The van der Waals surface area contributed by atoms with Gasteiger partial charge in [0.1, 0.15) is 11.5 Å². The minimum absolute atomic E-state index is 0.0362. The van der Waals surface area contributed by atoms with Gasteiger partial charge in [0, 0.05) is 22.3 Å². The van der Waals surface area contributed by atoms with E-state index in [0.29, 0.717) is 11.3 Å². The first-order valence-corrected chi connectivity index (χ1v) is 8.31. The predicted octanol–water partition coefficient (Wildman–Crippen LogP) is 4.92. The lowest BCUT2D eigenvalue weighted by atomic mass is 10.1. The first-order valence-electron chi connectivity index (χ1n) is 7.51. The number of methoxy groups -OCH3 is 2. The summed E-state index contributed by atoms with van der Waals surface area (Å²) in [6.07, 6.45) is 0. The van der Waals surface area contributed by atoms with E-state index in [1.165, 1.54) is 0 Å². The summed E-state index contributed by atoms with van der Waals surface area (Å²) < 4.78 is 13.5. The van der Waals surface area contributed by atoms with Crippen molar-refractivity contribution in [2.24, 2.45) is 0 Å². The van der Waals surface area contributed by atoms with Crippen LogP contribution in [0.2, 0.25) is 0 Å². The highest BCUT2D eigenvalue weighted by molar-refractivity contribution is 9.10. The summed E-state index contributed by atoms with van der Waals surface area (Å²) in [5.74, 6) is 1.54. The van der Waals surface area contributed by atoms with E-state index in [4.69, 9.17) is 9.47 Å². The molecular formula is C19H18BrNO3. The average Bonchev–Trinajstić information content (AvgIpc) is 2.85. The van der Waals surface area contributed by atoms with Crippen LogP contribution in [-0.4, -0.2) is 24.6 Å². The fraction of sp³-hybridized carbons (Fsp3) is 0.211. The van der Waals surface area contributed by atoms with Crippen molar-refractivity contribution in [3.63, 3.8) is 0 Å². The molecule has 24 heavy (non-hydrogen) atoms. The largest absolute Gasteiger partial charge is 0.497 e. The van der Waals surface area contributed by atoms with Crippen LogP contribution in [0.4, 0.5) is 0 Å². The maximum Gasteiger partial charge on any atom is 0.162 e. The number of aromatic nitrogens is 1. The maximum atomic E-state index is 12.2. The second-order valence-corrected chi connectivity index (χ2v) is 6.41. The van der Waals surface area contributed by atoms with Crippen molar-refractivity contribution in [2.75, 3.05) is 14.2 Å². The van der Waals surface area contributed by atoms with Gasteiger partial charge in [0.25, 0.3) is 0 Å². The number of hydrogen-bond acceptors (Lipinski definition) is 3. The summed E-state index contributed by atoms with van der Waals surface area (Å²) in [6, 6.07) is 11.7. The number of ketones is 1. The Morgan fingerprint density at radius 3 is 2.29 bits per heavy atom. The summed E-state index contributed by atoms with van der Waals surface area (Å²) in [5, 5.41) is 0.885. The summed E-state index contributed by atoms with van der Waals surface area (Å²) in [4.78, 5) is 12.2. The van der Waals surface area contributed by atoms with Crippen molar-refractivity contribution in [3.05, 3.63) is 52.1 Å². The SMILES string of the molecule is COc1ccc(-n2c(C)c(C(C)=O)c3cc(OC)c(Br)cc32)cc1. The molecule has 0 aliphatic carbocycles. The van der Waals surface area contributed by atoms with Crippen molar-refractivity contribution < 1.29 is 14.3 Å². The molecule has 0 atom stereocenters. The van der Waals surface area contributed by atoms with Gasteiger partial charge in [0.05, 0.1) is 24.2 Å². The molecule has 3 rings (SSSR count). The standard InChI is InChI=1S/C19H18BrNO3/c1-11-19(12(2)22)15-9-18(24-4)16(20)10-17(15)21(11)13-5-7-14(23-3)8-6-13/h5-10H,1-4H3. The molecule has 0 N–H and O–H groups in total. The van der Waals surface area contributed by atoms with Gasteiger partial charge in [-0.1, -0.05) is 0 Å². The van der Waals surface area contributed by atoms with Crippen molar-refractivity contribution in [2.45, 2.75) is 13.8 Å². The smallest absolute Gasteiger partial charge is 0.162 e. The lowest BCUT2D eigenvalue weighted by molar-refractivity contribution is 0.101. The van der Waals surface area contributed by atoms with Crippen molar-refractivity contribution in [3.8, 4) is 17.2 Å². The van der Waals surface area contributed by atoms with Crippen LogP contribution in [0, 0.1) is 6.92 Å². The van der Waals surface area contributed by atoms with Crippen molar-refractivity contribution >= 4 is 32.6 Å². The second kappa shape index (κ2) is 6.32. The third-order valence-corrected chi connectivity index (χ3v) is 4.78. The topological polar surface area (TPSA) is 40.5 Å². The first kappa shape index (κ1) is 16.6. The Hall–Kier alpha value is -2.27. The number of hydrogen-bond donors (Lipinski definition) is 0. The maximum absolute atomic E-state index is 12.2. The summed E-state index contributed by atoms with van der Waals surface area (Å²) in [6.45, 7) is 3.55. The highest BCUT2D eigenvalue weighted by Gasteiger charge is 2.20.